The van der Waals surface area contributed by atoms with Gasteiger partial charge in [-0.1, -0.05) is 23.7 Å². The van der Waals surface area contributed by atoms with Crippen LogP contribution in [0.25, 0.3) is 0 Å². The molecule has 20 heavy (non-hydrogen) atoms. The van der Waals surface area contributed by atoms with Gasteiger partial charge in [-0.15, -0.1) is 11.3 Å². The van der Waals surface area contributed by atoms with E-state index in [1.54, 1.807) is 12.1 Å². The van der Waals surface area contributed by atoms with E-state index in [1.165, 1.54) is 6.07 Å². The zero-order chi connectivity index (χ0) is 14.3. The van der Waals surface area contributed by atoms with Gasteiger partial charge >= 0.3 is 5.97 Å². The predicted molar refractivity (Wildman–Crippen MR) is 75.3 cm³/mol. The minimum absolute atomic E-state index is 0.0694. The van der Waals surface area contributed by atoms with Crippen LogP contribution in [0.3, 0.4) is 0 Å². The largest absolute Gasteiger partial charge is 0.477 e. The molecule has 1 N–H and O–H groups in total. The number of halogens is 2. The van der Waals surface area contributed by atoms with E-state index in [9.17, 15) is 14.3 Å². The summed E-state index contributed by atoms with van der Waals surface area (Å²) in [5.74, 6) is -1.16. The summed E-state index contributed by atoms with van der Waals surface area (Å²) < 4.78 is 13.9. The fourth-order valence-corrected chi connectivity index (χ4v) is 3.29. The van der Waals surface area contributed by atoms with Crippen LogP contribution in [0.2, 0.25) is 5.02 Å². The molecule has 0 saturated heterocycles. The van der Waals surface area contributed by atoms with E-state index in [0.29, 0.717) is 16.3 Å². The number of hydrogen-bond acceptors (Lipinski definition) is 3. The summed E-state index contributed by atoms with van der Waals surface area (Å²) in [5, 5.41) is 9.88. The van der Waals surface area contributed by atoms with Gasteiger partial charge in [-0.3, -0.25) is 0 Å². The van der Waals surface area contributed by atoms with Crippen molar-refractivity contribution >= 4 is 28.9 Å². The van der Waals surface area contributed by atoms with Crippen molar-refractivity contribution in [2.45, 2.75) is 25.2 Å². The smallest absolute Gasteiger partial charge is 0.347 e. The van der Waals surface area contributed by atoms with Crippen LogP contribution in [0.5, 0.6) is 0 Å². The number of thiazole rings is 1. The minimum atomic E-state index is -0.956. The first-order valence-electron chi connectivity index (χ1n) is 6.22. The summed E-state index contributed by atoms with van der Waals surface area (Å²) in [4.78, 5) is 15.9. The van der Waals surface area contributed by atoms with Crippen molar-refractivity contribution in [1.82, 2.24) is 4.98 Å². The van der Waals surface area contributed by atoms with E-state index in [1.807, 2.05) is 0 Å². The lowest BCUT2D eigenvalue weighted by molar-refractivity contribution is 0.0700. The second-order valence-electron chi connectivity index (χ2n) is 4.79. The first-order valence-corrected chi connectivity index (χ1v) is 7.41. The maximum Gasteiger partial charge on any atom is 0.347 e. The summed E-state index contributed by atoms with van der Waals surface area (Å²) in [5.41, 5.74) is 1.09. The van der Waals surface area contributed by atoms with Crippen molar-refractivity contribution in [3.63, 3.8) is 0 Å². The van der Waals surface area contributed by atoms with Gasteiger partial charge in [0.25, 0.3) is 0 Å². The van der Waals surface area contributed by atoms with Crippen molar-refractivity contribution < 1.29 is 14.3 Å². The van der Waals surface area contributed by atoms with Crippen LogP contribution in [0.4, 0.5) is 4.39 Å². The fraction of sp³-hybridized carbons (Fsp3) is 0.286. The molecule has 1 aromatic heterocycles. The van der Waals surface area contributed by atoms with Crippen molar-refractivity contribution in [3.05, 3.63) is 50.2 Å². The lowest BCUT2D eigenvalue weighted by Crippen LogP contribution is -1.97. The molecule has 1 aromatic carbocycles. The van der Waals surface area contributed by atoms with Crippen molar-refractivity contribution in [2.24, 2.45) is 0 Å². The summed E-state index contributed by atoms with van der Waals surface area (Å²) in [7, 11) is 0. The average Bonchev–Trinajstić information content (AvgIpc) is 3.16. The third-order valence-electron chi connectivity index (χ3n) is 3.23. The van der Waals surface area contributed by atoms with E-state index in [2.05, 4.69) is 4.98 Å². The van der Waals surface area contributed by atoms with Crippen molar-refractivity contribution in [3.8, 4) is 0 Å². The summed E-state index contributed by atoms with van der Waals surface area (Å²) in [6, 6.07) is 4.80. The summed E-state index contributed by atoms with van der Waals surface area (Å²) in [6.07, 6.45) is 2.23. The normalized spacial score (nSPS) is 14.5. The van der Waals surface area contributed by atoms with Crippen LogP contribution >= 0.6 is 22.9 Å². The van der Waals surface area contributed by atoms with Gasteiger partial charge in [0.15, 0.2) is 0 Å². The lowest BCUT2D eigenvalue weighted by Gasteiger charge is -2.01. The van der Waals surface area contributed by atoms with Gasteiger partial charge in [-0.25, -0.2) is 14.2 Å². The van der Waals surface area contributed by atoms with Crippen LogP contribution in [0.1, 0.15) is 44.7 Å². The maximum absolute atomic E-state index is 13.9. The quantitative estimate of drug-likeness (QED) is 0.924. The van der Waals surface area contributed by atoms with E-state index < -0.39 is 11.8 Å². The highest BCUT2D eigenvalue weighted by atomic mass is 35.5. The summed E-state index contributed by atoms with van der Waals surface area (Å²) >= 11 is 6.87. The summed E-state index contributed by atoms with van der Waals surface area (Å²) in [6.45, 7) is 0. The Morgan fingerprint density at radius 2 is 2.25 bits per heavy atom. The lowest BCUT2D eigenvalue weighted by atomic mass is 10.1. The third-order valence-corrected chi connectivity index (χ3v) is 4.58. The number of rotatable bonds is 4. The van der Waals surface area contributed by atoms with Crippen molar-refractivity contribution in [2.75, 3.05) is 0 Å². The van der Waals surface area contributed by atoms with Crippen LogP contribution < -0.4 is 0 Å². The zero-order valence-corrected chi connectivity index (χ0v) is 12.0. The molecule has 0 aliphatic heterocycles. The molecular formula is C14H11ClFNO2S. The Labute approximate surface area is 124 Å². The Morgan fingerprint density at radius 3 is 2.90 bits per heavy atom. The highest BCUT2D eigenvalue weighted by Crippen LogP contribution is 2.43. The van der Waals surface area contributed by atoms with Gasteiger partial charge < -0.3 is 5.11 Å². The molecule has 0 bridgehead atoms. The van der Waals surface area contributed by atoms with Crippen LogP contribution in [0, 0.1) is 5.82 Å². The first kappa shape index (κ1) is 13.5. The molecule has 0 radical (unpaired) electrons. The highest BCUT2D eigenvalue weighted by molar-refractivity contribution is 7.13. The Kier molecular flexibility index (Phi) is 3.48. The molecule has 0 spiro atoms. The molecule has 1 aliphatic carbocycles. The van der Waals surface area contributed by atoms with E-state index in [0.717, 1.165) is 24.2 Å². The minimum Gasteiger partial charge on any atom is -0.477 e. The molecule has 1 saturated carbocycles. The number of carbonyl (C=O) groups is 1. The zero-order valence-electron chi connectivity index (χ0n) is 10.4. The van der Waals surface area contributed by atoms with Gasteiger partial charge in [-0.2, -0.15) is 0 Å². The monoisotopic (exact) mass is 311 g/mol. The number of hydrogen-bond donors (Lipinski definition) is 1. The van der Waals surface area contributed by atoms with Crippen LogP contribution in [-0.2, 0) is 6.42 Å². The van der Waals surface area contributed by atoms with Gasteiger partial charge in [0.1, 0.15) is 10.7 Å². The van der Waals surface area contributed by atoms with E-state index in [4.69, 9.17) is 11.6 Å². The number of carboxylic acid groups (broad SMARTS) is 1. The SMILES string of the molecule is O=C(O)c1sc(Cc2cccc(Cl)c2F)nc1C1CC1. The van der Waals surface area contributed by atoms with Gasteiger partial charge in [0.2, 0.25) is 0 Å². The molecule has 0 amide bonds. The molecular weight excluding hydrogens is 301 g/mol. The molecule has 1 fully saturated rings. The van der Waals surface area contributed by atoms with E-state index in [-0.39, 0.29) is 22.2 Å². The molecule has 0 atom stereocenters. The first-order chi connectivity index (χ1) is 9.56. The number of benzene rings is 1. The Bertz CT molecular complexity index is 682. The van der Waals surface area contributed by atoms with Crippen molar-refractivity contribution in [1.29, 1.82) is 0 Å². The third kappa shape index (κ3) is 2.55. The Balaban J connectivity index is 1.93. The van der Waals surface area contributed by atoms with Gasteiger partial charge in [0.05, 0.1) is 15.7 Å². The second kappa shape index (κ2) is 5.14. The maximum atomic E-state index is 13.9. The Morgan fingerprint density at radius 1 is 1.50 bits per heavy atom. The predicted octanol–water partition coefficient (Wildman–Crippen LogP) is 4.10. The number of aromatic nitrogens is 1. The highest BCUT2D eigenvalue weighted by Gasteiger charge is 2.32. The molecule has 3 nitrogen and oxygen atoms in total. The van der Waals surface area contributed by atoms with Crippen LogP contribution in [0.15, 0.2) is 18.2 Å². The molecule has 2 aromatic rings. The number of carboxylic acids is 1. The molecule has 0 unspecified atom stereocenters. The molecule has 1 aliphatic rings. The second-order valence-corrected chi connectivity index (χ2v) is 6.28. The standard InChI is InChI=1S/C14H11ClFNO2S/c15-9-3-1-2-8(11(9)16)6-10-17-12(7-4-5-7)13(20-10)14(18)19/h1-3,7H,4-6H2,(H,18,19). The van der Waals surface area contributed by atoms with Gasteiger partial charge in [0, 0.05) is 12.3 Å². The average molecular weight is 312 g/mol. The molecule has 6 heteroatoms. The molecule has 1 heterocycles. The topological polar surface area (TPSA) is 50.2 Å². The van der Waals surface area contributed by atoms with Gasteiger partial charge in [-0.05, 0) is 24.5 Å². The number of nitrogens with zero attached hydrogens (tertiary/aromatic N) is 1. The molecule has 3 rings (SSSR count). The van der Waals surface area contributed by atoms with E-state index >= 15 is 0 Å². The Hall–Kier alpha value is -1.46. The molecule has 104 valence electrons. The fourth-order valence-electron chi connectivity index (χ4n) is 2.09. The van der Waals surface area contributed by atoms with Crippen LogP contribution in [-0.4, -0.2) is 16.1 Å². The number of aromatic carboxylic acids is 1.